The van der Waals surface area contributed by atoms with Crippen LogP contribution in [0.2, 0.25) is 0 Å². The molecular formula is C20H34N4O2. The molecule has 1 aromatic rings. The summed E-state index contributed by atoms with van der Waals surface area (Å²) in [5.74, 6) is 0.285. The Balaban J connectivity index is 1.63. The van der Waals surface area contributed by atoms with E-state index in [1.165, 1.54) is 18.5 Å². The summed E-state index contributed by atoms with van der Waals surface area (Å²) in [7, 11) is 1.70. The maximum atomic E-state index is 12.2. The molecule has 0 aliphatic carbocycles. The van der Waals surface area contributed by atoms with E-state index in [0.29, 0.717) is 19.6 Å². The van der Waals surface area contributed by atoms with Gasteiger partial charge in [0.05, 0.1) is 12.3 Å². The molecule has 2 fully saturated rings. The molecule has 2 aliphatic rings. The number of nitrogens with zero attached hydrogens (tertiary/aromatic N) is 3. The molecule has 3 heterocycles. The molecule has 0 aromatic carbocycles. The van der Waals surface area contributed by atoms with E-state index in [4.69, 9.17) is 4.74 Å². The van der Waals surface area contributed by atoms with Gasteiger partial charge in [-0.15, -0.1) is 0 Å². The number of piperidine rings is 2. The lowest BCUT2D eigenvalue weighted by Crippen LogP contribution is -2.54. The fourth-order valence-corrected chi connectivity index (χ4v) is 4.35. The monoisotopic (exact) mass is 362 g/mol. The number of H-pyrrole nitrogens is 1. The van der Waals surface area contributed by atoms with Gasteiger partial charge < -0.3 is 9.64 Å². The third-order valence-corrected chi connectivity index (χ3v) is 5.85. The van der Waals surface area contributed by atoms with E-state index in [1.807, 2.05) is 4.90 Å². The topological polar surface area (TPSA) is 61.5 Å². The average molecular weight is 363 g/mol. The zero-order valence-corrected chi connectivity index (χ0v) is 16.8. The molecule has 0 saturated carbocycles. The first-order valence-electron chi connectivity index (χ1n) is 9.85. The van der Waals surface area contributed by atoms with Gasteiger partial charge in [-0.05, 0) is 31.9 Å². The van der Waals surface area contributed by atoms with E-state index in [2.05, 4.69) is 41.9 Å². The van der Waals surface area contributed by atoms with Crippen molar-refractivity contribution >= 4 is 5.91 Å². The van der Waals surface area contributed by atoms with E-state index in [1.54, 1.807) is 7.11 Å². The highest BCUT2D eigenvalue weighted by Crippen LogP contribution is 2.39. The van der Waals surface area contributed by atoms with Crippen molar-refractivity contribution in [3.05, 3.63) is 17.5 Å². The zero-order valence-electron chi connectivity index (χ0n) is 16.8. The second-order valence-corrected chi connectivity index (χ2v) is 9.15. The fraction of sp³-hybridized carbons (Fsp3) is 0.800. The van der Waals surface area contributed by atoms with Gasteiger partial charge in [-0.3, -0.25) is 14.8 Å². The fourth-order valence-electron chi connectivity index (χ4n) is 4.35. The minimum atomic E-state index is 0.0729. The van der Waals surface area contributed by atoms with E-state index < -0.39 is 0 Å². The molecule has 2 aliphatic heterocycles. The molecule has 146 valence electrons. The summed E-state index contributed by atoms with van der Waals surface area (Å²) < 4.78 is 5.18. The highest BCUT2D eigenvalue weighted by atomic mass is 16.5. The van der Waals surface area contributed by atoms with Gasteiger partial charge in [0.1, 0.15) is 0 Å². The number of ether oxygens (including phenoxy) is 1. The molecule has 6 heteroatoms. The Morgan fingerprint density at radius 3 is 2.81 bits per heavy atom. The highest BCUT2D eigenvalue weighted by Gasteiger charge is 2.41. The molecule has 26 heavy (non-hydrogen) atoms. The SMILES string of the molecule is COCCN1CC2(CCCN(Cc3cc(C(C)(C)C)n[nH]3)C2)CCC1=O. The third-order valence-electron chi connectivity index (χ3n) is 5.85. The number of aromatic nitrogens is 2. The number of rotatable bonds is 5. The van der Waals surface area contributed by atoms with Gasteiger partial charge in [0.2, 0.25) is 5.91 Å². The lowest BCUT2D eigenvalue weighted by molar-refractivity contribution is -0.140. The predicted molar refractivity (Wildman–Crippen MR) is 102 cm³/mol. The summed E-state index contributed by atoms with van der Waals surface area (Å²) in [6.45, 7) is 11.9. The molecule has 3 rings (SSSR count). The summed E-state index contributed by atoms with van der Waals surface area (Å²) in [6.07, 6.45) is 4.11. The maximum absolute atomic E-state index is 12.2. The number of hydrogen-bond acceptors (Lipinski definition) is 4. The Hall–Kier alpha value is -1.40. The lowest BCUT2D eigenvalue weighted by atomic mass is 9.73. The average Bonchev–Trinajstić information content (AvgIpc) is 3.05. The Morgan fingerprint density at radius 1 is 1.31 bits per heavy atom. The van der Waals surface area contributed by atoms with Crippen LogP contribution in [-0.4, -0.2) is 65.8 Å². The summed E-state index contributed by atoms with van der Waals surface area (Å²) in [6, 6.07) is 2.20. The standard InChI is InChI=1S/C20H34N4O2/c1-19(2,3)17-12-16(21-22-17)13-23-9-5-7-20(14-23)8-6-18(25)24(15-20)10-11-26-4/h12H,5-11,13-15H2,1-4H3,(H,21,22). The smallest absolute Gasteiger partial charge is 0.222 e. The molecule has 2 saturated heterocycles. The number of hydrogen-bond donors (Lipinski definition) is 1. The normalized spacial score (nSPS) is 25.2. The number of carbonyl (C=O) groups is 1. The Morgan fingerprint density at radius 2 is 2.12 bits per heavy atom. The number of methoxy groups -OCH3 is 1. The van der Waals surface area contributed by atoms with Crippen LogP contribution in [0, 0.1) is 5.41 Å². The number of nitrogens with one attached hydrogen (secondary N) is 1. The van der Waals surface area contributed by atoms with Gasteiger partial charge >= 0.3 is 0 Å². The summed E-state index contributed by atoms with van der Waals surface area (Å²) in [5.41, 5.74) is 2.62. The van der Waals surface area contributed by atoms with Crippen LogP contribution < -0.4 is 0 Å². The number of aromatic amines is 1. The summed E-state index contributed by atoms with van der Waals surface area (Å²) in [4.78, 5) is 16.8. The van der Waals surface area contributed by atoms with Gasteiger partial charge in [0.25, 0.3) is 0 Å². The molecule has 1 spiro atoms. The summed E-state index contributed by atoms with van der Waals surface area (Å²) >= 11 is 0. The van der Waals surface area contributed by atoms with Gasteiger partial charge in [0, 0.05) is 56.2 Å². The van der Waals surface area contributed by atoms with Gasteiger partial charge in [-0.25, -0.2) is 0 Å². The first-order valence-corrected chi connectivity index (χ1v) is 9.85. The molecular weight excluding hydrogens is 328 g/mol. The van der Waals surface area contributed by atoms with E-state index in [9.17, 15) is 4.79 Å². The second kappa shape index (κ2) is 7.69. The van der Waals surface area contributed by atoms with Gasteiger partial charge in [-0.1, -0.05) is 20.8 Å². The molecule has 0 bridgehead atoms. The highest BCUT2D eigenvalue weighted by molar-refractivity contribution is 5.77. The van der Waals surface area contributed by atoms with Crippen molar-refractivity contribution in [1.82, 2.24) is 20.0 Å². The second-order valence-electron chi connectivity index (χ2n) is 9.15. The summed E-state index contributed by atoms with van der Waals surface area (Å²) in [5, 5.41) is 7.72. The predicted octanol–water partition coefficient (Wildman–Crippen LogP) is 2.56. The van der Waals surface area contributed by atoms with Crippen LogP contribution in [0.5, 0.6) is 0 Å². The van der Waals surface area contributed by atoms with Crippen molar-refractivity contribution in [2.24, 2.45) is 5.41 Å². The number of carbonyl (C=O) groups excluding carboxylic acids is 1. The van der Waals surface area contributed by atoms with Gasteiger partial charge in [-0.2, -0.15) is 5.10 Å². The maximum Gasteiger partial charge on any atom is 0.222 e. The lowest BCUT2D eigenvalue weighted by Gasteiger charge is -2.48. The molecule has 1 atom stereocenters. The Kier molecular flexibility index (Phi) is 5.72. The van der Waals surface area contributed by atoms with Crippen LogP contribution >= 0.6 is 0 Å². The third kappa shape index (κ3) is 4.46. The molecule has 1 aromatic heterocycles. The van der Waals surface area contributed by atoms with E-state index in [-0.39, 0.29) is 16.7 Å². The van der Waals surface area contributed by atoms with Crippen LogP contribution in [0.25, 0.3) is 0 Å². The van der Waals surface area contributed by atoms with E-state index in [0.717, 1.165) is 38.3 Å². The van der Waals surface area contributed by atoms with E-state index >= 15 is 0 Å². The quantitative estimate of drug-likeness (QED) is 0.874. The van der Waals surface area contributed by atoms with Crippen molar-refractivity contribution in [3.63, 3.8) is 0 Å². The van der Waals surface area contributed by atoms with Crippen molar-refractivity contribution in [2.75, 3.05) is 39.9 Å². The van der Waals surface area contributed by atoms with Crippen molar-refractivity contribution in [2.45, 2.75) is 58.4 Å². The van der Waals surface area contributed by atoms with Crippen LogP contribution in [0.15, 0.2) is 6.07 Å². The van der Waals surface area contributed by atoms with Crippen LogP contribution in [0.3, 0.4) is 0 Å². The molecule has 1 N–H and O–H groups in total. The Labute approximate surface area is 157 Å². The van der Waals surface area contributed by atoms with Crippen molar-refractivity contribution in [1.29, 1.82) is 0 Å². The molecule has 6 nitrogen and oxygen atoms in total. The van der Waals surface area contributed by atoms with Crippen LogP contribution in [0.1, 0.15) is 57.8 Å². The van der Waals surface area contributed by atoms with Crippen molar-refractivity contribution in [3.8, 4) is 0 Å². The first-order chi connectivity index (χ1) is 12.3. The van der Waals surface area contributed by atoms with Gasteiger partial charge in [0.15, 0.2) is 0 Å². The molecule has 1 unspecified atom stereocenters. The van der Waals surface area contributed by atoms with Crippen LogP contribution in [0.4, 0.5) is 0 Å². The largest absolute Gasteiger partial charge is 0.383 e. The number of amides is 1. The minimum absolute atomic E-state index is 0.0729. The molecule has 1 amide bonds. The minimum Gasteiger partial charge on any atom is -0.383 e. The Bertz CT molecular complexity index is 622. The van der Waals surface area contributed by atoms with Crippen molar-refractivity contribution < 1.29 is 9.53 Å². The zero-order chi connectivity index (χ0) is 18.8. The molecule has 0 radical (unpaired) electrons. The van der Waals surface area contributed by atoms with Crippen LogP contribution in [-0.2, 0) is 21.5 Å². The number of likely N-dealkylation sites (tertiary alicyclic amines) is 2. The first kappa shape index (κ1) is 19.4.